The lowest BCUT2D eigenvalue weighted by Gasteiger charge is -2.42. The van der Waals surface area contributed by atoms with Crippen molar-refractivity contribution in [2.24, 2.45) is 0 Å². The highest BCUT2D eigenvalue weighted by Crippen LogP contribution is 2.42. The minimum Gasteiger partial charge on any atom is -0.494 e. The molecule has 2 saturated heterocycles. The van der Waals surface area contributed by atoms with Crippen LogP contribution in [0, 0.1) is 0 Å². The first-order chi connectivity index (χ1) is 16.5. The van der Waals surface area contributed by atoms with Gasteiger partial charge in [0.25, 0.3) is 0 Å². The summed E-state index contributed by atoms with van der Waals surface area (Å²) in [6.45, 7) is 4.42. The van der Waals surface area contributed by atoms with Gasteiger partial charge in [0, 0.05) is 30.5 Å². The van der Waals surface area contributed by atoms with Crippen molar-refractivity contribution >= 4 is 11.6 Å². The fourth-order valence-electron chi connectivity index (χ4n) is 5.28. The largest absolute Gasteiger partial charge is 0.494 e. The van der Waals surface area contributed by atoms with E-state index >= 15 is 0 Å². The minimum absolute atomic E-state index is 0.0283. The average molecular weight is 490 g/mol. The van der Waals surface area contributed by atoms with Crippen molar-refractivity contribution in [2.75, 3.05) is 33.4 Å². The Morgan fingerprint density at radius 3 is 2.53 bits per heavy atom. The number of halogens is 1. The monoisotopic (exact) mass is 489 g/mol. The van der Waals surface area contributed by atoms with E-state index in [1.165, 1.54) is 6.42 Å². The Balaban J connectivity index is 1.76. The first kappa shape index (κ1) is 25.4. The Morgan fingerprint density at radius 1 is 1.15 bits per heavy atom. The number of hydrogen-bond acceptors (Lipinski definition) is 6. The number of ether oxygens (including phenoxy) is 3. The smallest absolute Gasteiger partial charge is 0.197 e. The number of benzene rings is 2. The molecule has 2 aliphatic heterocycles. The summed E-state index contributed by atoms with van der Waals surface area (Å²) in [5.74, 6) is -0.295. The summed E-state index contributed by atoms with van der Waals surface area (Å²) in [6, 6.07) is 14.1. The number of piperidine rings is 1. The van der Waals surface area contributed by atoms with Crippen LogP contribution >= 0.6 is 11.6 Å². The van der Waals surface area contributed by atoms with Crippen LogP contribution in [0.1, 0.15) is 61.8 Å². The van der Waals surface area contributed by atoms with Gasteiger partial charge in [-0.3, -0.25) is 4.90 Å². The molecule has 34 heavy (non-hydrogen) atoms. The predicted octanol–water partition coefficient (Wildman–Crippen LogP) is 4.65. The standard InChI is InChI=1S/C27H36ClNO5/c1-3-33-22-10-7-19(8-11-22)26(29-13-5-4-6-14-29)24-15-20(9-12-25(24)28)27(32-2)17-21(31)16-23(18-30)34-27/h7-12,15,21,23,26,30-31H,3-6,13-14,16-18H2,1-2H3/t21?,23?,26?,27-/m1/s1. The van der Waals surface area contributed by atoms with Crippen molar-refractivity contribution in [1.29, 1.82) is 0 Å². The lowest BCUT2D eigenvalue weighted by Crippen LogP contribution is -2.46. The molecule has 0 saturated carbocycles. The van der Waals surface area contributed by atoms with E-state index in [1.54, 1.807) is 7.11 Å². The molecular formula is C27H36ClNO5. The minimum atomic E-state index is -1.14. The van der Waals surface area contributed by atoms with Crippen molar-refractivity contribution in [2.45, 2.75) is 63.1 Å². The van der Waals surface area contributed by atoms with Crippen LogP contribution in [0.25, 0.3) is 0 Å². The molecule has 2 fully saturated rings. The molecule has 0 amide bonds. The Labute approximate surface area is 207 Å². The van der Waals surface area contributed by atoms with Crippen LogP contribution < -0.4 is 4.74 Å². The van der Waals surface area contributed by atoms with Gasteiger partial charge in [0.2, 0.25) is 0 Å². The lowest BCUT2D eigenvalue weighted by atomic mass is 9.88. The number of methoxy groups -OCH3 is 1. The Morgan fingerprint density at radius 2 is 1.88 bits per heavy atom. The number of aliphatic hydroxyl groups is 2. The van der Waals surface area contributed by atoms with Crippen LogP contribution in [-0.4, -0.2) is 60.7 Å². The summed E-state index contributed by atoms with van der Waals surface area (Å²) in [5.41, 5.74) is 2.92. The quantitative estimate of drug-likeness (QED) is 0.562. The number of likely N-dealkylation sites (tertiary alicyclic amines) is 1. The second-order valence-electron chi connectivity index (χ2n) is 9.21. The number of aliphatic hydroxyl groups excluding tert-OH is 2. The van der Waals surface area contributed by atoms with Crippen molar-refractivity contribution in [3.05, 3.63) is 64.2 Å². The summed E-state index contributed by atoms with van der Waals surface area (Å²) in [5, 5.41) is 20.9. The van der Waals surface area contributed by atoms with Gasteiger partial charge in [-0.2, -0.15) is 0 Å². The van der Waals surface area contributed by atoms with Crippen LogP contribution in [0.4, 0.5) is 0 Å². The van der Waals surface area contributed by atoms with Crippen molar-refractivity contribution in [3.8, 4) is 5.75 Å². The van der Waals surface area contributed by atoms with E-state index in [0.717, 1.165) is 48.4 Å². The van der Waals surface area contributed by atoms with Crippen molar-refractivity contribution in [1.82, 2.24) is 4.90 Å². The first-order valence-corrected chi connectivity index (χ1v) is 12.7. The van der Waals surface area contributed by atoms with Gasteiger partial charge >= 0.3 is 0 Å². The maximum Gasteiger partial charge on any atom is 0.197 e. The Kier molecular flexibility index (Phi) is 8.51. The Bertz CT molecular complexity index is 933. The molecule has 2 N–H and O–H groups in total. The molecule has 4 rings (SSSR count). The molecule has 3 unspecified atom stereocenters. The molecule has 4 atom stereocenters. The van der Waals surface area contributed by atoms with Gasteiger partial charge < -0.3 is 24.4 Å². The lowest BCUT2D eigenvalue weighted by molar-refractivity contribution is -0.298. The zero-order valence-electron chi connectivity index (χ0n) is 20.1. The SMILES string of the molecule is CCOc1ccc(C(c2cc([C@@]3(OC)CC(O)CC(CO)O3)ccc2Cl)N2CCCCC2)cc1. The molecule has 7 heteroatoms. The van der Waals surface area contributed by atoms with Gasteiger partial charge in [-0.05, 0) is 68.2 Å². The van der Waals surface area contributed by atoms with E-state index in [2.05, 4.69) is 17.0 Å². The molecule has 0 aromatic heterocycles. The molecule has 2 heterocycles. The highest BCUT2D eigenvalue weighted by atomic mass is 35.5. The molecule has 2 aromatic carbocycles. The molecule has 0 spiro atoms. The normalized spacial score (nSPS) is 26.9. The topological polar surface area (TPSA) is 71.4 Å². The van der Waals surface area contributed by atoms with Gasteiger partial charge in [0.1, 0.15) is 5.75 Å². The number of nitrogens with zero attached hydrogens (tertiary/aromatic N) is 1. The van der Waals surface area contributed by atoms with Crippen molar-refractivity contribution < 1.29 is 24.4 Å². The van der Waals surface area contributed by atoms with Crippen LogP contribution in [0.3, 0.4) is 0 Å². The molecule has 6 nitrogen and oxygen atoms in total. The molecule has 0 aliphatic carbocycles. The van der Waals surface area contributed by atoms with E-state index in [4.69, 9.17) is 25.8 Å². The number of hydrogen-bond donors (Lipinski definition) is 2. The second-order valence-corrected chi connectivity index (χ2v) is 9.62. The summed E-state index contributed by atoms with van der Waals surface area (Å²) < 4.78 is 17.7. The van der Waals surface area contributed by atoms with Crippen LogP contribution in [0.15, 0.2) is 42.5 Å². The highest BCUT2D eigenvalue weighted by molar-refractivity contribution is 6.31. The van der Waals surface area contributed by atoms with Gasteiger partial charge in [-0.15, -0.1) is 0 Å². The van der Waals surface area contributed by atoms with Gasteiger partial charge in [-0.25, -0.2) is 0 Å². The summed E-state index contributed by atoms with van der Waals surface area (Å²) in [6.07, 6.45) is 3.09. The van der Waals surface area contributed by atoms with Crippen LogP contribution in [0.5, 0.6) is 5.75 Å². The fraction of sp³-hybridized carbons (Fsp3) is 0.556. The van der Waals surface area contributed by atoms with E-state index in [-0.39, 0.29) is 12.6 Å². The van der Waals surface area contributed by atoms with Crippen LogP contribution in [-0.2, 0) is 15.3 Å². The van der Waals surface area contributed by atoms with Gasteiger partial charge in [0.15, 0.2) is 5.79 Å². The highest BCUT2D eigenvalue weighted by Gasteiger charge is 2.43. The number of rotatable bonds is 8. The predicted molar refractivity (Wildman–Crippen MR) is 132 cm³/mol. The maximum absolute atomic E-state index is 10.5. The molecule has 0 radical (unpaired) electrons. The van der Waals surface area contributed by atoms with Gasteiger partial charge in [-0.1, -0.05) is 36.2 Å². The molecule has 2 aromatic rings. The third-order valence-electron chi connectivity index (χ3n) is 6.92. The first-order valence-electron chi connectivity index (χ1n) is 12.3. The fourth-order valence-corrected chi connectivity index (χ4v) is 5.50. The Hall–Kier alpha value is -1.67. The average Bonchev–Trinajstić information content (AvgIpc) is 2.86. The van der Waals surface area contributed by atoms with E-state index in [9.17, 15) is 10.2 Å². The van der Waals surface area contributed by atoms with Crippen molar-refractivity contribution in [3.63, 3.8) is 0 Å². The van der Waals surface area contributed by atoms with Crippen LogP contribution in [0.2, 0.25) is 5.02 Å². The molecular weight excluding hydrogens is 454 g/mol. The third kappa shape index (κ3) is 5.43. The van der Waals surface area contributed by atoms with E-state index in [0.29, 0.717) is 24.5 Å². The second kappa shape index (κ2) is 11.4. The van der Waals surface area contributed by atoms with Gasteiger partial charge in [0.05, 0.1) is 31.5 Å². The molecule has 0 bridgehead atoms. The van der Waals surface area contributed by atoms with E-state index in [1.807, 2.05) is 37.3 Å². The zero-order chi connectivity index (χ0) is 24.1. The molecule has 2 aliphatic rings. The summed E-state index contributed by atoms with van der Waals surface area (Å²) >= 11 is 6.83. The summed E-state index contributed by atoms with van der Waals surface area (Å²) in [4.78, 5) is 2.48. The third-order valence-corrected chi connectivity index (χ3v) is 7.27. The maximum atomic E-state index is 10.5. The van der Waals surface area contributed by atoms with E-state index < -0.39 is 18.0 Å². The summed E-state index contributed by atoms with van der Waals surface area (Å²) in [7, 11) is 1.58. The molecule has 186 valence electrons. The zero-order valence-corrected chi connectivity index (χ0v) is 20.8.